The van der Waals surface area contributed by atoms with E-state index in [1.807, 2.05) is 13.8 Å². The molecule has 0 saturated carbocycles. The van der Waals surface area contributed by atoms with Crippen LogP contribution in [0.4, 0.5) is 5.82 Å². The Hall–Kier alpha value is -1.29. The Morgan fingerprint density at radius 3 is 2.71 bits per heavy atom. The van der Waals surface area contributed by atoms with Gasteiger partial charge in [-0.05, 0) is 26.0 Å². The molecule has 0 fully saturated rings. The van der Waals surface area contributed by atoms with E-state index in [9.17, 15) is 0 Å². The van der Waals surface area contributed by atoms with Crippen LogP contribution in [0.5, 0.6) is 5.75 Å². The summed E-state index contributed by atoms with van der Waals surface area (Å²) in [5, 5.41) is 0. The standard InChI is InChI=1S/C10H16N2O2/c1-8(2)13-5-6-14-9-3-4-10(11)12-7-9/h3-4,7-8H,5-6H2,1-2H3,(H2,11,12). The molecule has 0 aliphatic heterocycles. The van der Waals surface area contributed by atoms with Crippen molar-refractivity contribution in [2.75, 3.05) is 18.9 Å². The first kappa shape index (κ1) is 10.8. The topological polar surface area (TPSA) is 57.4 Å². The maximum Gasteiger partial charge on any atom is 0.137 e. The molecule has 2 N–H and O–H groups in total. The Kier molecular flexibility index (Phi) is 4.19. The van der Waals surface area contributed by atoms with Gasteiger partial charge in [0.2, 0.25) is 0 Å². The van der Waals surface area contributed by atoms with Gasteiger partial charge in [-0.15, -0.1) is 0 Å². The van der Waals surface area contributed by atoms with Crippen molar-refractivity contribution in [2.24, 2.45) is 0 Å². The molecule has 0 atom stereocenters. The van der Waals surface area contributed by atoms with Gasteiger partial charge in [-0.3, -0.25) is 0 Å². The normalized spacial score (nSPS) is 10.5. The van der Waals surface area contributed by atoms with Crippen molar-refractivity contribution in [1.29, 1.82) is 0 Å². The van der Waals surface area contributed by atoms with Gasteiger partial charge in [-0.2, -0.15) is 0 Å². The molecule has 1 aromatic heterocycles. The van der Waals surface area contributed by atoms with Gasteiger partial charge < -0.3 is 15.2 Å². The van der Waals surface area contributed by atoms with Gasteiger partial charge in [0, 0.05) is 0 Å². The first-order valence-electron chi connectivity index (χ1n) is 4.64. The van der Waals surface area contributed by atoms with Crippen LogP contribution in [0, 0.1) is 0 Å². The summed E-state index contributed by atoms with van der Waals surface area (Å²) in [6, 6.07) is 3.50. The summed E-state index contributed by atoms with van der Waals surface area (Å²) < 4.78 is 10.7. The molecular formula is C10H16N2O2. The van der Waals surface area contributed by atoms with Crippen LogP contribution in [0.15, 0.2) is 18.3 Å². The molecule has 4 heteroatoms. The van der Waals surface area contributed by atoms with Gasteiger partial charge >= 0.3 is 0 Å². The predicted molar refractivity (Wildman–Crippen MR) is 55.2 cm³/mol. The fourth-order valence-electron chi connectivity index (χ4n) is 0.920. The van der Waals surface area contributed by atoms with Crippen LogP contribution >= 0.6 is 0 Å². The lowest BCUT2D eigenvalue weighted by molar-refractivity contribution is 0.0552. The predicted octanol–water partition coefficient (Wildman–Crippen LogP) is 1.47. The third-order valence-electron chi connectivity index (χ3n) is 1.56. The second-order valence-electron chi connectivity index (χ2n) is 3.19. The van der Waals surface area contributed by atoms with Crippen LogP contribution in [-0.4, -0.2) is 24.3 Å². The highest BCUT2D eigenvalue weighted by molar-refractivity contribution is 5.31. The highest BCUT2D eigenvalue weighted by Gasteiger charge is 1.95. The molecule has 0 unspecified atom stereocenters. The fourth-order valence-corrected chi connectivity index (χ4v) is 0.920. The Labute approximate surface area is 84.0 Å². The molecule has 4 nitrogen and oxygen atoms in total. The zero-order chi connectivity index (χ0) is 10.4. The van der Waals surface area contributed by atoms with Crippen molar-refractivity contribution >= 4 is 5.82 Å². The SMILES string of the molecule is CC(C)OCCOc1ccc(N)nc1. The first-order chi connectivity index (χ1) is 6.68. The second kappa shape index (κ2) is 5.44. The summed E-state index contributed by atoms with van der Waals surface area (Å²) in [4.78, 5) is 3.90. The van der Waals surface area contributed by atoms with Crippen molar-refractivity contribution in [3.8, 4) is 5.75 Å². The van der Waals surface area contributed by atoms with Crippen molar-refractivity contribution in [1.82, 2.24) is 4.98 Å². The minimum absolute atomic E-state index is 0.239. The van der Waals surface area contributed by atoms with Gasteiger partial charge in [0.25, 0.3) is 0 Å². The zero-order valence-corrected chi connectivity index (χ0v) is 8.56. The van der Waals surface area contributed by atoms with E-state index in [1.54, 1.807) is 18.3 Å². The van der Waals surface area contributed by atoms with Crippen molar-refractivity contribution in [3.63, 3.8) is 0 Å². The maximum absolute atomic E-state index is 5.43. The number of rotatable bonds is 5. The van der Waals surface area contributed by atoms with Crippen LogP contribution in [0.25, 0.3) is 0 Å². The molecule has 0 aromatic carbocycles. The summed E-state index contributed by atoms with van der Waals surface area (Å²) in [6.07, 6.45) is 1.84. The number of aromatic nitrogens is 1. The third-order valence-corrected chi connectivity index (χ3v) is 1.56. The molecule has 1 rings (SSSR count). The lowest BCUT2D eigenvalue weighted by Crippen LogP contribution is -2.11. The van der Waals surface area contributed by atoms with Crippen LogP contribution in [-0.2, 0) is 4.74 Å². The molecule has 0 saturated heterocycles. The van der Waals surface area contributed by atoms with Crippen molar-refractivity contribution in [3.05, 3.63) is 18.3 Å². The minimum Gasteiger partial charge on any atom is -0.490 e. The number of nitrogens with two attached hydrogens (primary N) is 1. The Morgan fingerprint density at radius 2 is 2.14 bits per heavy atom. The number of nitrogen functional groups attached to an aromatic ring is 1. The van der Waals surface area contributed by atoms with Gasteiger partial charge in [0.05, 0.1) is 18.9 Å². The number of ether oxygens (including phenoxy) is 2. The molecule has 0 aliphatic carbocycles. The van der Waals surface area contributed by atoms with Crippen LogP contribution in [0.3, 0.4) is 0 Å². The molecule has 0 bridgehead atoms. The average Bonchev–Trinajstić information content (AvgIpc) is 2.15. The van der Waals surface area contributed by atoms with Gasteiger partial charge in [0.15, 0.2) is 0 Å². The van der Waals surface area contributed by atoms with E-state index in [0.717, 1.165) is 0 Å². The number of anilines is 1. The van der Waals surface area contributed by atoms with E-state index in [-0.39, 0.29) is 6.10 Å². The van der Waals surface area contributed by atoms with E-state index in [0.29, 0.717) is 24.8 Å². The lowest BCUT2D eigenvalue weighted by atomic mass is 10.4. The Morgan fingerprint density at radius 1 is 1.36 bits per heavy atom. The quantitative estimate of drug-likeness (QED) is 0.724. The van der Waals surface area contributed by atoms with E-state index < -0.39 is 0 Å². The summed E-state index contributed by atoms with van der Waals surface area (Å²) in [6.45, 7) is 5.10. The Bertz CT molecular complexity index is 259. The Balaban J connectivity index is 2.21. The smallest absolute Gasteiger partial charge is 0.137 e. The highest BCUT2D eigenvalue weighted by Crippen LogP contribution is 2.09. The van der Waals surface area contributed by atoms with Crippen molar-refractivity contribution < 1.29 is 9.47 Å². The molecule has 0 radical (unpaired) electrons. The molecule has 14 heavy (non-hydrogen) atoms. The van der Waals surface area contributed by atoms with E-state index >= 15 is 0 Å². The molecule has 0 aliphatic rings. The van der Waals surface area contributed by atoms with Gasteiger partial charge in [-0.1, -0.05) is 0 Å². The monoisotopic (exact) mass is 196 g/mol. The molecule has 1 aromatic rings. The molecule has 1 heterocycles. The second-order valence-corrected chi connectivity index (χ2v) is 3.19. The summed E-state index contributed by atoms with van der Waals surface area (Å²) in [5.74, 6) is 1.21. The largest absolute Gasteiger partial charge is 0.490 e. The number of nitrogens with zero attached hydrogens (tertiary/aromatic N) is 1. The highest BCUT2D eigenvalue weighted by atomic mass is 16.5. The fraction of sp³-hybridized carbons (Fsp3) is 0.500. The summed E-state index contributed by atoms with van der Waals surface area (Å²) in [7, 11) is 0. The van der Waals surface area contributed by atoms with Gasteiger partial charge in [-0.25, -0.2) is 4.98 Å². The minimum atomic E-state index is 0.239. The number of hydrogen-bond donors (Lipinski definition) is 1. The lowest BCUT2D eigenvalue weighted by Gasteiger charge is -2.08. The average molecular weight is 196 g/mol. The van der Waals surface area contributed by atoms with Crippen LogP contribution in [0.1, 0.15) is 13.8 Å². The van der Waals surface area contributed by atoms with E-state index in [2.05, 4.69) is 4.98 Å². The van der Waals surface area contributed by atoms with Crippen LogP contribution < -0.4 is 10.5 Å². The van der Waals surface area contributed by atoms with Gasteiger partial charge in [0.1, 0.15) is 18.2 Å². The zero-order valence-electron chi connectivity index (χ0n) is 8.56. The summed E-state index contributed by atoms with van der Waals surface area (Å²) >= 11 is 0. The maximum atomic E-state index is 5.43. The molecule has 78 valence electrons. The van der Waals surface area contributed by atoms with E-state index in [1.165, 1.54) is 0 Å². The van der Waals surface area contributed by atoms with Crippen molar-refractivity contribution in [2.45, 2.75) is 20.0 Å². The summed E-state index contributed by atoms with van der Waals surface area (Å²) in [5.41, 5.74) is 5.43. The molecular weight excluding hydrogens is 180 g/mol. The van der Waals surface area contributed by atoms with E-state index in [4.69, 9.17) is 15.2 Å². The molecule has 0 amide bonds. The number of pyridine rings is 1. The third kappa shape index (κ3) is 4.09. The first-order valence-corrected chi connectivity index (χ1v) is 4.64. The molecule has 0 spiro atoms. The van der Waals surface area contributed by atoms with Crippen LogP contribution in [0.2, 0.25) is 0 Å². The number of hydrogen-bond acceptors (Lipinski definition) is 4.